The van der Waals surface area contributed by atoms with Crippen LogP contribution in [0.25, 0.3) is 0 Å². The standard InChI is InChI=1S/C12H21F3N2O2/c1-8-3-2-4-9(10(8)16)11(18)17-5-6-19-7-12(13,14)15/h8-10H,2-7,16H2,1H3,(H,17,18). The van der Waals surface area contributed by atoms with E-state index in [-0.39, 0.29) is 31.0 Å². The normalized spacial score (nSPS) is 28.2. The second kappa shape index (κ2) is 7.09. The minimum Gasteiger partial charge on any atom is -0.370 e. The van der Waals surface area contributed by atoms with E-state index >= 15 is 0 Å². The van der Waals surface area contributed by atoms with Gasteiger partial charge in [-0.05, 0) is 18.8 Å². The molecular weight excluding hydrogens is 261 g/mol. The summed E-state index contributed by atoms with van der Waals surface area (Å²) in [7, 11) is 0. The number of nitrogens with two attached hydrogens (primary N) is 1. The molecule has 0 aliphatic heterocycles. The quantitative estimate of drug-likeness (QED) is 0.750. The summed E-state index contributed by atoms with van der Waals surface area (Å²) in [4.78, 5) is 11.8. The van der Waals surface area contributed by atoms with Gasteiger partial charge in [0.2, 0.25) is 5.91 Å². The first kappa shape index (κ1) is 16.2. The average molecular weight is 282 g/mol. The van der Waals surface area contributed by atoms with E-state index in [0.29, 0.717) is 5.92 Å². The molecular formula is C12H21F3N2O2. The lowest BCUT2D eigenvalue weighted by molar-refractivity contribution is -0.173. The van der Waals surface area contributed by atoms with Gasteiger partial charge in [-0.2, -0.15) is 13.2 Å². The summed E-state index contributed by atoms with van der Waals surface area (Å²) in [5.74, 6) is -0.132. The highest BCUT2D eigenvalue weighted by Crippen LogP contribution is 2.27. The maximum Gasteiger partial charge on any atom is 0.411 e. The Labute approximate surface area is 110 Å². The minimum absolute atomic E-state index is 0.0759. The lowest BCUT2D eigenvalue weighted by atomic mass is 9.78. The van der Waals surface area contributed by atoms with E-state index < -0.39 is 12.8 Å². The number of halogens is 3. The van der Waals surface area contributed by atoms with Crippen molar-refractivity contribution < 1.29 is 22.7 Å². The highest BCUT2D eigenvalue weighted by atomic mass is 19.4. The summed E-state index contributed by atoms with van der Waals surface area (Å²) >= 11 is 0. The summed E-state index contributed by atoms with van der Waals surface area (Å²) in [6, 6.07) is -0.176. The number of carbonyl (C=O) groups excluding carboxylic acids is 1. The monoisotopic (exact) mass is 282 g/mol. The molecule has 1 rings (SSSR count). The van der Waals surface area contributed by atoms with Crippen molar-refractivity contribution in [1.29, 1.82) is 0 Å². The van der Waals surface area contributed by atoms with Crippen molar-refractivity contribution in [2.45, 2.75) is 38.4 Å². The van der Waals surface area contributed by atoms with Crippen molar-refractivity contribution >= 4 is 5.91 Å². The van der Waals surface area contributed by atoms with E-state index in [9.17, 15) is 18.0 Å². The summed E-state index contributed by atoms with van der Waals surface area (Å²) in [6.07, 6.45) is -1.62. The molecule has 1 fully saturated rings. The van der Waals surface area contributed by atoms with Crippen LogP contribution < -0.4 is 11.1 Å². The second-order valence-electron chi connectivity index (χ2n) is 5.05. The van der Waals surface area contributed by atoms with E-state index in [0.717, 1.165) is 19.3 Å². The largest absolute Gasteiger partial charge is 0.411 e. The fourth-order valence-electron chi connectivity index (χ4n) is 2.31. The third kappa shape index (κ3) is 5.78. The van der Waals surface area contributed by atoms with Gasteiger partial charge in [0.1, 0.15) is 6.61 Å². The number of carbonyl (C=O) groups is 1. The second-order valence-corrected chi connectivity index (χ2v) is 5.05. The number of rotatable bonds is 5. The predicted octanol–water partition coefficient (Wildman–Crippen LogP) is 1.44. The fraction of sp³-hybridized carbons (Fsp3) is 0.917. The number of alkyl halides is 3. The van der Waals surface area contributed by atoms with E-state index in [2.05, 4.69) is 10.1 Å². The van der Waals surface area contributed by atoms with Crippen molar-refractivity contribution in [2.24, 2.45) is 17.6 Å². The Bertz CT molecular complexity index is 297. The van der Waals surface area contributed by atoms with Crippen molar-refractivity contribution in [3.05, 3.63) is 0 Å². The van der Waals surface area contributed by atoms with Gasteiger partial charge in [-0.25, -0.2) is 0 Å². The Kier molecular flexibility index (Phi) is 6.06. The first-order valence-electron chi connectivity index (χ1n) is 6.49. The van der Waals surface area contributed by atoms with Gasteiger partial charge in [0, 0.05) is 12.6 Å². The van der Waals surface area contributed by atoms with Crippen LogP contribution in [0.1, 0.15) is 26.2 Å². The SMILES string of the molecule is CC1CCCC(C(=O)NCCOCC(F)(F)F)C1N. The first-order chi connectivity index (χ1) is 8.81. The van der Waals surface area contributed by atoms with Crippen molar-refractivity contribution in [3.63, 3.8) is 0 Å². The number of nitrogens with one attached hydrogen (secondary N) is 1. The number of hydrogen-bond acceptors (Lipinski definition) is 3. The summed E-state index contributed by atoms with van der Waals surface area (Å²) < 4.78 is 39.8. The van der Waals surface area contributed by atoms with Crippen LogP contribution in [0.4, 0.5) is 13.2 Å². The highest BCUT2D eigenvalue weighted by molar-refractivity contribution is 5.79. The molecule has 3 N–H and O–H groups in total. The summed E-state index contributed by atoms with van der Waals surface area (Å²) in [6.45, 7) is 0.647. The van der Waals surface area contributed by atoms with Gasteiger partial charge >= 0.3 is 6.18 Å². The molecule has 1 aliphatic rings. The first-order valence-corrected chi connectivity index (χ1v) is 6.49. The van der Waals surface area contributed by atoms with Gasteiger partial charge in [0.05, 0.1) is 12.5 Å². The van der Waals surface area contributed by atoms with E-state index in [1.165, 1.54) is 0 Å². The molecule has 3 unspecified atom stereocenters. The Morgan fingerprint density at radius 3 is 2.74 bits per heavy atom. The third-order valence-electron chi connectivity index (χ3n) is 3.44. The predicted molar refractivity (Wildman–Crippen MR) is 64.4 cm³/mol. The zero-order valence-corrected chi connectivity index (χ0v) is 11.0. The van der Waals surface area contributed by atoms with Gasteiger partial charge < -0.3 is 15.8 Å². The Hall–Kier alpha value is -0.820. The molecule has 0 aromatic carbocycles. The van der Waals surface area contributed by atoms with E-state index in [4.69, 9.17) is 5.73 Å². The molecule has 0 spiro atoms. The van der Waals surface area contributed by atoms with E-state index in [1.54, 1.807) is 0 Å². The Balaban J connectivity index is 2.20. The Morgan fingerprint density at radius 2 is 2.11 bits per heavy atom. The molecule has 19 heavy (non-hydrogen) atoms. The lowest BCUT2D eigenvalue weighted by Crippen LogP contribution is -2.48. The maximum absolute atomic E-state index is 11.8. The van der Waals surface area contributed by atoms with Crippen LogP contribution in [0.2, 0.25) is 0 Å². The smallest absolute Gasteiger partial charge is 0.370 e. The van der Waals surface area contributed by atoms with Gasteiger partial charge in [-0.1, -0.05) is 13.3 Å². The molecule has 7 heteroatoms. The molecule has 112 valence electrons. The van der Waals surface area contributed by atoms with Crippen LogP contribution in [0.5, 0.6) is 0 Å². The number of ether oxygens (including phenoxy) is 1. The molecule has 3 atom stereocenters. The molecule has 0 radical (unpaired) electrons. The molecule has 1 aliphatic carbocycles. The van der Waals surface area contributed by atoms with E-state index in [1.807, 2.05) is 6.92 Å². The van der Waals surface area contributed by atoms with Crippen molar-refractivity contribution in [1.82, 2.24) is 5.32 Å². The third-order valence-corrected chi connectivity index (χ3v) is 3.44. The minimum atomic E-state index is -4.33. The topological polar surface area (TPSA) is 64.3 Å². The molecule has 1 saturated carbocycles. The number of amides is 1. The van der Waals surface area contributed by atoms with Crippen LogP contribution in [0.15, 0.2) is 0 Å². The van der Waals surface area contributed by atoms with Gasteiger partial charge in [0.25, 0.3) is 0 Å². The molecule has 1 amide bonds. The highest BCUT2D eigenvalue weighted by Gasteiger charge is 2.32. The summed E-state index contributed by atoms with van der Waals surface area (Å²) in [5, 5.41) is 2.58. The van der Waals surface area contributed by atoms with Gasteiger partial charge in [-0.3, -0.25) is 4.79 Å². The maximum atomic E-state index is 11.8. The molecule has 0 aromatic heterocycles. The van der Waals surface area contributed by atoms with Gasteiger partial charge in [-0.15, -0.1) is 0 Å². The van der Waals surface area contributed by atoms with Crippen LogP contribution in [0, 0.1) is 11.8 Å². The molecule has 0 heterocycles. The molecule has 0 bridgehead atoms. The fourth-order valence-corrected chi connectivity index (χ4v) is 2.31. The van der Waals surface area contributed by atoms with Crippen molar-refractivity contribution in [2.75, 3.05) is 19.8 Å². The van der Waals surface area contributed by atoms with Crippen LogP contribution in [-0.4, -0.2) is 37.9 Å². The van der Waals surface area contributed by atoms with Crippen molar-refractivity contribution in [3.8, 4) is 0 Å². The zero-order chi connectivity index (χ0) is 14.5. The van der Waals surface area contributed by atoms with Crippen LogP contribution >= 0.6 is 0 Å². The molecule has 0 saturated heterocycles. The molecule has 0 aromatic rings. The van der Waals surface area contributed by atoms with Crippen LogP contribution in [-0.2, 0) is 9.53 Å². The lowest BCUT2D eigenvalue weighted by Gasteiger charge is -2.32. The zero-order valence-electron chi connectivity index (χ0n) is 11.0. The molecule has 4 nitrogen and oxygen atoms in total. The summed E-state index contributed by atoms with van der Waals surface area (Å²) in [5.41, 5.74) is 5.97. The van der Waals surface area contributed by atoms with Crippen LogP contribution in [0.3, 0.4) is 0 Å². The Morgan fingerprint density at radius 1 is 1.42 bits per heavy atom. The average Bonchev–Trinajstić information content (AvgIpc) is 2.30. The number of hydrogen-bond donors (Lipinski definition) is 2. The van der Waals surface area contributed by atoms with Gasteiger partial charge in [0.15, 0.2) is 0 Å².